The van der Waals surface area contributed by atoms with Gasteiger partial charge in [0.1, 0.15) is 5.75 Å². The van der Waals surface area contributed by atoms with Gasteiger partial charge in [0.05, 0.1) is 17.7 Å². The number of rotatable bonds is 5. The maximum absolute atomic E-state index is 5.73. The lowest BCUT2D eigenvalue weighted by Crippen LogP contribution is -2.21. The van der Waals surface area contributed by atoms with Crippen LogP contribution in [0.1, 0.15) is 24.8 Å². The number of hydrogen-bond donors (Lipinski definition) is 0. The Hall–Kier alpha value is -0.190. The van der Waals surface area contributed by atoms with E-state index in [0.29, 0.717) is 6.10 Å². The Morgan fingerprint density at radius 1 is 1.44 bits per heavy atom. The largest absolute Gasteiger partial charge is 0.496 e. The van der Waals surface area contributed by atoms with E-state index in [1.54, 1.807) is 7.11 Å². The summed E-state index contributed by atoms with van der Waals surface area (Å²) < 4.78 is 12.0. The summed E-state index contributed by atoms with van der Waals surface area (Å²) >= 11 is 5.47. The minimum atomic E-state index is 0.463. The Labute approximate surface area is 122 Å². The van der Waals surface area contributed by atoms with Crippen LogP contribution in [0.2, 0.25) is 0 Å². The van der Waals surface area contributed by atoms with Crippen LogP contribution < -0.4 is 4.74 Å². The van der Waals surface area contributed by atoms with E-state index in [9.17, 15) is 0 Å². The third-order valence-electron chi connectivity index (χ3n) is 3.06. The number of benzene rings is 1. The number of methoxy groups -OCH3 is 1. The zero-order valence-corrected chi connectivity index (χ0v) is 13.1. The fourth-order valence-electron chi connectivity index (χ4n) is 2.05. The highest BCUT2D eigenvalue weighted by Gasteiger charge is 2.13. The zero-order chi connectivity index (χ0) is 12.8. The van der Waals surface area contributed by atoms with E-state index >= 15 is 0 Å². The first-order chi connectivity index (χ1) is 8.79. The van der Waals surface area contributed by atoms with Crippen molar-refractivity contribution < 1.29 is 9.47 Å². The highest BCUT2D eigenvalue weighted by atomic mass is 79.9. The Morgan fingerprint density at radius 3 is 3.00 bits per heavy atom. The molecule has 4 heteroatoms. The van der Waals surface area contributed by atoms with Crippen LogP contribution in [0, 0.1) is 0 Å². The lowest BCUT2D eigenvalue weighted by Gasteiger charge is -2.22. The summed E-state index contributed by atoms with van der Waals surface area (Å²) in [6.07, 6.45) is 4.23. The molecule has 0 aromatic heterocycles. The minimum absolute atomic E-state index is 0.463. The van der Waals surface area contributed by atoms with Gasteiger partial charge in [-0.1, -0.05) is 6.07 Å². The molecule has 1 saturated heterocycles. The van der Waals surface area contributed by atoms with Crippen molar-refractivity contribution in [3.05, 3.63) is 28.2 Å². The molecule has 1 atom stereocenters. The van der Waals surface area contributed by atoms with Crippen molar-refractivity contribution in [1.29, 1.82) is 0 Å². The molecule has 1 unspecified atom stereocenters. The summed E-state index contributed by atoms with van der Waals surface area (Å²) in [6, 6.07) is 6.27. The third-order valence-corrected chi connectivity index (χ3v) is 4.83. The maximum Gasteiger partial charge on any atom is 0.133 e. The van der Waals surface area contributed by atoms with Crippen LogP contribution >= 0.6 is 27.7 Å². The first kappa shape index (κ1) is 14.2. The van der Waals surface area contributed by atoms with Gasteiger partial charge in [0.15, 0.2) is 0 Å². The normalized spacial score (nSPS) is 19.8. The van der Waals surface area contributed by atoms with Crippen LogP contribution in [0.5, 0.6) is 5.75 Å². The van der Waals surface area contributed by atoms with Crippen molar-refractivity contribution in [2.75, 3.05) is 19.5 Å². The molecule has 1 aliphatic rings. The van der Waals surface area contributed by atoms with Crippen molar-refractivity contribution in [3.8, 4) is 5.75 Å². The van der Waals surface area contributed by atoms with E-state index in [4.69, 9.17) is 9.47 Å². The molecule has 0 bridgehead atoms. The van der Waals surface area contributed by atoms with Crippen molar-refractivity contribution in [1.82, 2.24) is 0 Å². The van der Waals surface area contributed by atoms with E-state index in [1.165, 1.54) is 24.8 Å². The van der Waals surface area contributed by atoms with Crippen molar-refractivity contribution in [2.24, 2.45) is 0 Å². The molecule has 18 heavy (non-hydrogen) atoms. The van der Waals surface area contributed by atoms with E-state index < -0.39 is 0 Å². The standard InChI is InChI=1S/C14H19BrO2S/c1-16-14-6-5-11(8-13(14)15)9-18-10-12-4-2-3-7-17-12/h5-6,8,12H,2-4,7,9-10H2,1H3. The Kier molecular flexibility index (Phi) is 5.86. The highest BCUT2D eigenvalue weighted by molar-refractivity contribution is 9.10. The maximum atomic E-state index is 5.73. The van der Waals surface area contributed by atoms with Gasteiger partial charge >= 0.3 is 0 Å². The van der Waals surface area contributed by atoms with Crippen LogP contribution in [0.15, 0.2) is 22.7 Å². The lowest BCUT2D eigenvalue weighted by molar-refractivity contribution is 0.0315. The van der Waals surface area contributed by atoms with Gasteiger partial charge in [0.25, 0.3) is 0 Å². The second kappa shape index (κ2) is 7.41. The monoisotopic (exact) mass is 330 g/mol. The van der Waals surface area contributed by atoms with E-state index in [-0.39, 0.29) is 0 Å². The zero-order valence-electron chi connectivity index (χ0n) is 10.7. The molecule has 0 amide bonds. The van der Waals surface area contributed by atoms with Gasteiger partial charge in [-0.3, -0.25) is 0 Å². The van der Waals surface area contributed by atoms with Gasteiger partial charge in [-0.2, -0.15) is 11.8 Å². The quantitative estimate of drug-likeness (QED) is 0.803. The summed E-state index contributed by atoms with van der Waals surface area (Å²) in [5.74, 6) is 3.02. The molecule has 1 fully saturated rings. The van der Waals surface area contributed by atoms with Crippen LogP contribution in [0.3, 0.4) is 0 Å². The second-order valence-electron chi connectivity index (χ2n) is 4.47. The van der Waals surface area contributed by atoms with Gasteiger partial charge in [0, 0.05) is 18.1 Å². The van der Waals surface area contributed by atoms with Crippen LogP contribution in [-0.4, -0.2) is 25.6 Å². The second-order valence-corrected chi connectivity index (χ2v) is 6.36. The molecule has 1 aliphatic heterocycles. The molecule has 1 heterocycles. The predicted molar refractivity (Wildman–Crippen MR) is 80.4 cm³/mol. The fourth-order valence-corrected chi connectivity index (χ4v) is 3.69. The van der Waals surface area contributed by atoms with E-state index in [2.05, 4.69) is 28.1 Å². The van der Waals surface area contributed by atoms with Crippen LogP contribution in [-0.2, 0) is 10.5 Å². The van der Waals surface area contributed by atoms with Crippen LogP contribution in [0.4, 0.5) is 0 Å². The molecule has 0 N–H and O–H groups in total. The predicted octanol–water partition coefficient (Wildman–Crippen LogP) is 4.26. The lowest BCUT2D eigenvalue weighted by atomic mass is 10.1. The summed E-state index contributed by atoms with van der Waals surface area (Å²) in [5.41, 5.74) is 1.32. The average molecular weight is 331 g/mol. The van der Waals surface area contributed by atoms with Gasteiger partial charge in [-0.15, -0.1) is 0 Å². The first-order valence-electron chi connectivity index (χ1n) is 6.31. The number of hydrogen-bond acceptors (Lipinski definition) is 3. The Morgan fingerprint density at radius 2 is 2.33 bits per heavy atom. The average Bonchev–Trinajstić information content (AvgIpc) is 2.40. The van der Waals surface area contributed by atoms with Crippen molar-refractivity contribution >= 4 is 27.7 Å². The summed E-state index contributed by atoms with van der Waals surface area (Å²) in [4.78, 5) is 0. The molecular formula is C14H19BrO2S. The van der Waals surface area contributed by atoms with Crippen molar-refractivity contribution in [2.45, 2.75) is 31.1 Å². The minimum Gasteiger partial charge on any atom is -0.496 e. The topological polar surface area (TPSA) is 18.5 Å². The molecule has 2 nitrogen and oxygen atoms in total. The summed E-state index contributed by atoms with van der Waals surface area (Å²) in [6.45, 7) is 0.944. The van der Waals surface area contributed by atoms with Gasteiger partial charge in [0.2, 0.25) is 0 Å². The Bertz CT molecular complexity index is 378. The molecule has 0 radical (unpaired) electrons. The number of halogens is 1. The Balaban J connectivity index is 1.77. The fraction of sp³-hybridized carbons (Fsp3) is 0.571. The molecular weight excluding hydrogens is 312 g/mol. The van der Waals surface area contributed by atoms with Crippen LogP contribution in [0.25, 0.3) is 0 Å². The molecule has 0 aliphatic carbocycles. The van der Waals surface area contributed by atoms with Gasteiger partial charge in [-0.25, -0.2) is 0 Å². The summed E-state index contributed by atoms with van der Waals surface area (Å²) in [5, 5.41) is 0. The SMILES string of the molecule is COc1ccc(CSCC2CCCCO2)cc1Br. The third kappa shape index (κ3) is 4.18. The smallest absolute Gasteiger partial charge is 0.133 e. The molecule has 1 aromatic carbocycles. The number of ether oxygens (including phenoxy) is 2. The first-order valence-corrected chi connectivity index (χ1v) is 8.26. The molecule has 0 spiro atoms. The van der Waals surface area contributed by atoms with Gasteiger partial charge < -0.3 is 9.47 Å². The molecule has 0 saturated carbocycles. The van der Waals surface area contributed by atoms with Gasteiger partial charge in [-0.05, 0) is 52.9 Å². The molecule has 2 rings (SSSR count). The molecule has 100 valence electrons. The highest BCUT2D eigenvalue weighted by Crippen LogP contribution is 2.27. The summed E-state index contributed by atoms with van der Waals surface area (Å²) in [7, 11) is 1.69. The van der Waals surface area contributed by atoms with Crippen molar-refractivity contribution in [3.63, 3.8) is 0 Å². The number of thioether (sulfide) groups is 1. The van der Waals surface area contributed by atoms with E-state index in [0.717, 1.165) is 28.3 Å². The van der Waals surface area contributed by atoms with E-state index in [1.807, 2.05) is 17.8 Å². The molecule has 1 aromatic rings.